The molecule has 3 heteroatoms. The highest BCUT2D eigenvalue weighted by Crippen LogP contribution is 2.25. The van der Waals surface area contributed by atoms with Crippen LogP contribution in [0.4, 0.5) is 0 Å². The maximum atomic E-state index is 8.83. The summed E-state index contributed by atoms with van der Waals surface area (Å²) < 4.78 is 5.74. The van der Waals surface area contributed by atoms with Crippen LogP contribution < -0.4 is 4.74 Å². The van der Waals surface area contributed by atoms with E-state index in [2.05, 4.69) is 18.2 Å². The van der Waals surface area contributed by atoms with Gasteiger partial charge in [-0.3, -0.25) is 0 Å². The first-order valence-corrected chi connectivity index (χ1v) is 7.07. The van der Waals surface area contributed by atoms with Crippen molar-refractivity contribution < 1.29 is 4.74 Å². The van der Waals surface area contributed by atoms with Gasteiger partial charge in [0.05, 0.1) is 10.6 Å². The number of ether oxygens (including phenoxy) is 1. The average Bonchev–Trinajstić information content (AvgIpc) is 2.92. The summed E-state index contributed by atoms with van der Waals surface area (Å²) >= 11 is 5.99. The molecule has 2 aromatic rings. The zero-order valence-electron chi connectivity index (χ0n) is 11.0. The Morgan fingerprint density at radius 3 is 2.75 bits per heavy atom. The highest BCUT2D eigenvalue weighted by atomic mass is 35.5. The molecule has 3 rings (SSSR count). The van der Waals surface area contributed by atoms with Crippen LogP contribution in [0.1, 0.15) is 28.7 Å². The number of halogens is 1. The molecule has 0 aromatic heterocycles. The first kappa shape index (κ1) is 13.0. The van der Waals surface area contributed by atoms with Crippen molar-refractivity contribution in [3.05, 3.63) is 63.7 Å². The molecule has 100 valence electrons. The molecule has 0 amide bonds. The first-order chi connectivity index (χ1) is 9.76. The number of nitriles is 1. The monoisotopic (exact) mass is 283 g/mol. The number of nitrogens with zero attached hydrogens (tertiary/aromatic N) is 1. The standard InChI is InChI=1S/C17H14ClNO/c18-17-9-16(7-6-15(17)10-19)20-11-12-4-5-13-2-1-3-14(13)8-12/h4-9H,1-3,11H2. The summed E-state index contributed by atoms with van der Waals surface area (Å²) in [6.45, 7) is 0.523. The van der Waals surface area contributed by atoms with Crippen molar-refractivity contribution in [2.45, 2.75) is 25.9 Å². The van der Waals surface area contributed by atoms with E-state index in [1.54, 1.807) is 18.2 Å². The molecule has 2 nitrogen and oxygen atoms in total. The molecule has 0 aliphatic heterocycles. The largest absolute Gasteiger partial charge is 0.489 e. The molecule has 0 spiro atoms. The van der Waals surface area contributed by atoms with E-state index < -0.39 is 0 Å². The minimum Gasteiger partial charge on any atom is -0.489 e. The van der Waals surface area contributed by atoms with Crippen LogP contribution >= 0.6 is 11.6 Å². The lowest BCUT2D eigenvalue weighted by molar-refractivity contribution is 0.306. The van der Waals surface area contributed by atoms with Crippen molar-refractivity contribution in [3.63, 3.8) is 0 Å². The number of hydrogen-bond donors (Lipinski definition) is 0. The van der Waals surface area contributed by atoms with E-state index >= 15 is 0 Å². The van der Waals surface area contributed by atoms with Crippen LogP contribution in [-0.2, 0) is 19.4 Å². The van der Waals surface area contributed by atoms with Crippen LogP contribution in [0, 0.1) is 11.3 Å². The van der Waals surface area contributed by atoms with E-state index in [4.69, 9.17) is 21.6 Å². The summed E-state index contributed by atoms with van der Waals surface area (Å²) in [5, 5.41) is 9.26. The van der Waals surface area contributed by atoms with Gasteiger partial charge in [-0.05, 0) is 48.1 Å². The molecule has 0 atom stereocenters. The van der Waals surface area contributed by atoms with Crippen LogP contribution in [-0.4, -0.2) is 0 Å². The highest BCUT2D eigenvalue weighted by Gasteiger charge is 2.11. The molecule has 1 aliphatic rings. The third-order valence-corrected chi connectivity index (χ3v) is 3.94. The molecule has 0 N–H and O–H groups in total. The number of aryl methyl sites for hydroxylation is 2. The third-order valence-electron chi connectivity index (χ3n) is 3.63. The number of fused-ring (bicyclic) bond motifs is 1. The van der Waals surface area contributed by atoms with Crippen molar-refractivity contribution in [2.75, 3.05) is 0 Å². The maximum absolute atomic E-state index is 8.83. The van der Waals surface area contributed by atoms with Gasteiger partial charge in [0.25, 0.3) is 0 Å². The second kappa shape index (κ2) is 5.56. The molecule has 0 saturated heterocycles. The van der Waals surface area contributed by atoms with E-state index in [0.717, 1.165) is 0 Å². The first-order valence-electron chi connectivity index (χ1n) is 6.69. The van der Waals surface area contributed by atoms with Crippen molar-refractivity contribution in [3.8, 4) is 11.8 Å². The average molecular weight is 284 g/mol. The molecule has 2 aromatic carbocycles. The Bertz CT molecular complexity index is 677. The van der Waals surface area contributed by atoms with Gasteiger partial charge in [0.15, 0.2) is 0 Å². The molecular weight excluding hydrogens is 270 g/mol. The van der Waals surface area contributed by atoms with Gasteiger partial charge in [0.2, 0.25) is 0 Å². The Labute approximate surface area is 123 Å². The Hall–Kier alpha value is -1.98. The third kappa shape index (κ3) is 2.64. The fourth-order valence-corrected chi connectivity index (χ4v) is 2.77. The topological polar surface area (TPSA) is 33.0 Å². The highest BCUT2D eigenvalue weighted by molar-refractivity contribution is 6.31. The second-order valence-electron chi connectivity index (χ2n) is 5.00. The maximum Gasteiger partial charge on any atom is 0.121 e. The van der Waals surface area contributed by atoms with Crippen molar-refractivity contribution in [1.82, 2.24) is 0 Å². The quantitative estimate of drug-likeness (QED) is 0.842. The molecular formula is C17H14ClNO. The fourth-order valence-electron chi connectivity index (χ4n) is 2.56. The smallest absolute Gasteiger partial charge is 0.121 e. The van der Waals surface area contributed by atoms with Gasteiger partial charge in [-0.15, -0.1) is 0 Å². The van der Waals surface area contributed by atoms with E-state index in [0.29, 0.717) is 22.9 Å². The van der Waals surface area contributed by atoms with E-state index in [-0.39, 0.29) is 0 Å². The van der Waals surface area contributed by atoms with Gasteiger partial charge < -0.3 is 4.74 Å². The lowest BCUT2D eigenvalue weighted by Crippen LogP contribution is -1.97. The van der Waals surface area contributed by atoms with Crippen molar-refractivity contribution >= 4 is 11.6 Å². The molecule has 0 heterocycles. The summed E-state index contributed by atoms with van der Waals surface area (Å²) in [6.07, 6.45) is 3.62. The van der Waals surface area contributed by atoms with Gasteiger partial charge in [-0.1, -0.05) is 29.8 Å². The molecule has 0 radical (unpaired) electrons. The van der Waals surface area contributed by atoms with Gasteiger partial charge in [-0.2, -0.15) is 5.26 Å². The van der Waals surface area contributed by atoms with Gasteiger partial charge in [0.1, 0.15) is 18.4 Å². The lowest BCUT2D eigenvalue weighted by Gasteiger charge is -2.08. The van der Waals surface area contributed by atoms with Crippen LogP contribution in [0.3, 0.4) is 0 Å². The van der Waals surface area contributed by atoms with Crippen molar-refractivity contribution in [2.24, 2.45) is 0 Å². The van der Waals surface area contributed by atoms with Crippen molar-refractivity contribution in [1.29, 1.82) is 5.26 Å². The van der Waals surface area contributed by atoms with Crippen LogP contribution in [0.2, 0.25) is 5.02 Å². The molecule has 0 saturated carbocycles. The summed E-state index contributed by atoms with van der Waals surface area (Å²) in [5.74, 6) is 0.689. The summed E-state index contributed by atoms with van der Waals surface area (Å²) in [5.41, 5.74) is 4.56. The van der Waals surface area contributed by atoms with Gasteiger partial charge in [0, 0.05) is 6.07 Å². The van der Waals surface area contributed by atoms with E-state index in [1.165, 1.54) is 36.0 Å². The Balaban J connectivity index is 1.70. The van der Waals surface area contributed by atoms with Crippen LogP contribution in [0.25, 0.3) is 0 Å². The van der Waals surface area contributed by atoms with Gasteiger partial charge in [-0.25, -0.2) is 0 Å². The molecule has 0 bridgehead atoms. The zero-order chi connectivity index (χ0) is 13.9. The lowest BCUT2D eigenvalue weighted by atomic mass is 10.1. The molecule has 1 aliphatic carbocycles. The summed E-state index contributed by atoms with van der Waals surface area (Å²) in [6, 6.07) is 13.7. The minimum absolute atomic E-state index is 0.430. The van der Waals surface area contributed by atoms with E-state index in [9.17, 15) is 0 Å². The Kier molecular flexibility index (Phi) is 3.62. The molecule has 0 fully saturated rings. The molecule has 0 unspecified atom stereocenters. The predicted octanol–water partition coefficient (Wildman–Crippen LogP) is 4.28. The number of hydrogen-bond acceptors (Lipinski definition) is 2. The number of rotatable bonds is 3. The van der Waals surface area contributed by atoms with Gasteiger partial charge >= 0.3 is 0 Å². The Morgan fingerprint density at radius 2 is 1.95 bits per heavy atom. The van der Waals surface area contributed by atoms with Crippen LogP contribution in [0.15, 0.2) is 36.4 Å². The normalized spacial score (nSPS) is 12.8. The summed E-state index contributed by atoms with van der Waals surface area (Å²) in [4.78, 5) is 0. The Morgan fingerprint density at radius 1 is 1.10 bits per heavy atom. The summed E-state index contributed by atoms with van der Waals surface area (Å²) in [7, 11) is 0. The predicted molar refractivity (Wildman–Crippen MR) is 79.0 cm³/mol. The molecule has 20 heavy (non-hydrogen) atoms. The fraction of sp³-hybridized carbons (Fsp3) is 0.235. The zero-order valence-corrected chi connectivity index (χ0v) is 11.8. The number of benzene rings is 2. The van der Waals surface area contributed by atoms with E-state index in [1.807, 2.05) is 6.07 Å². The SMILES string of the molecule is N#Cc1ccc(OCc2ccc3c(c2)CCC3)cc1Cl. The minimum atomic E-state index is 0.430. The van der Waals surface area contributed by atoms with Crippen LogP contribution in [0.5, 0.6) is 5.75 Å². The second-order valence-corrected chi connectivity index (χ2v) is 5.41.